The molecule has 2 atom stereocenters. The van der Waals surface area contributed by atoms with E-state index in [9.17, 15) is 5.26 Å². The molecular formula is C27H29N5O2S. The van der Waals surface area contributed by atoms with Gasteiger partial charge in [-0.2, -0.15) is 5.26 Å². The number of hydrogen-bond donors (Lipinski definition) is 1. The van der Waals surface area contributed by atoms with Crippen LogP contribution >= 0.6 is 11.3 Å². The van der Waals surface area contributed by atoms with Gasteiger partial charge in [0.2, 0.25) is 5.85 Å². The van der Waals surface area contributed by atoms with E-state index < -0.39 is 0 Å². The molecular weight excluding hydrogens is 458 g/mol. The van der Waals surface area contributed by atoms with E-state index in [4.69, 9.17) is 9.47 Å². The van der Waals surface area contributed by atoms with Crippen LogP contribution in [0.4, 0.5) is 0 Å². The quantitative estimate of drug-likeness (QED) is 0.475. The third-order valence-electron chi connectivity index (χ3n) is 7.07. The van der Waals surface area contributed by atoms with Crippen LogP contribution < -0.4 is 10.1 Å². The van der Waals surface area contributed by atoms with Gasteiger partial charge in [0.1, 0.15) is 28.4 Å². The fourth-order valence-corrected chi connectivity index (χ4v) is 6.23. The van der Waals surface area contributed by atoms with Crippen molar-refractivity contribution in [2.45, 2.75) is 57.5 Å². The Labute approximate surface area is 209 Å². The molecule has 35 heavy (non-hydrogen) atoms. The first-order valence-corrected chi connectivity index (χ1v) is 13.2. The Morgan fingerprint density at radius 2 is 2.00 bits per heavy atom. The highest BCUT2D eigenvalue weighted by molar-refractivity contribution is 7.17. The summed E-state index contributed by atoms with van der Waals surface area (Å²) in [5.74, 6) is 0.334. The van der Waals surface area contributed by atoms with E-state index in [0.717, 1.165) is 53.7 Å². The number of nitrogens with one attached hydrogen (secondary N) is 1. The number of nitriles is 1. The number of hydrogen-bond acceptors (Lipinski definition) is 8. The predicted octanol–water partition coefficient (Wildman–Crippen LogP) is 4.89. The number of benzene rings is 2. The molecule has 180 valence electrons. The molecule has 8 heteroatoms. The highest BCUT2D eigenvalue weighted by Crippen LogP contribution is 2.43. The minimum absolute atomic E-state index is 0.0104. The third-order valence-corrected chi connectivity index (χ3v) is 8.08. The molecule has 2 fully saturated rings. The third kappa shape index (κ3) is 4.23. The van der Waals surface area contributed by atoms with Crippen LogP contribution in [-0.4, -0.2) is 46.7 Å². The summed E-state index contributed by atoms with van der Waals surface area (Å²) in [6.45, 7) is 6.89. The van der Waals surface area contributed by atoms with Crippen molar-refractivity contribution in [3.63, 3.8) is 0 Å². The van der Waals surface area contributed by atoms with Gasteiger partial charge in [0, 0.05) is 30.3 Å². The molecule has 3 heterocycles. The van der Waals surface area contributed by atoms with Gasteiger partial charge in [-0.25, -0.2) is 0 Å². The molecule has 1 aromatic heterocycles. The van der Waals surface area contributed by atoms with E-state index in [-0.39, 0.29) is 18.0 Å². The molecule has 0 spiro atoms. The molecule has 7 nitrogen and oxygen atoms in total. The SMILES string of the molecule is CC(C)Oc1ccc(-c2nnc(-c3cccc4c3CC[C@@H]4NC3(N4CCCC4)CO3)s2)cc1C#N. The smallest absolute Gasteiger partial charge is 0.202 e. The summed E-state index contributed by atoms with van der Waals surface area (Å²) in [5.41, 5.74) is 5.24. The zero-order valence-corrected chi connectivity index (χ0v) is 20.9. The Morgan fingerprint density at radius 1 is 1.20 bits per heavy atom. The molecule has 6 rings (SSSR count). The molecule has 0 amide bonds. The van der Waals surface area contributed by atoms with Crippen LogP contribution in [0, 0.1) is 11.3 Å². The maximum absolute atomic E-state index is 9.59. The van der Waals surface area contributed by atoms with Gasteiger partial charge in [-0.3, -0.25) is 10.2 Å². The maximum atomic E-state index is 9.59. The van der Waals surface area contributed by atoms with Crippen molar-refractivity contribution in [3.05, 3.63) is 53.1 Å². The van der Waals surface area contributed by atoms with Crippen LogP contribution in [-0.2, 0) is 11.2 Å². The molecule has 3 aromatic rings. The van der Waals surface area contributed by atoms with E-state index in [1.165, 1.54) is 24.0 Å². The zero-order valence-electron chi connectivity index (χ0n) is 20.1. The van der Waals surface area contributed by atoms with Crippen LogP contribution in [0.15, 0.2) is 36.4 Å². The van der Waals surface area contributed by atoms with Crippen molar-refractivity contribution in [1.29, 1.82) is 5.26 Å². The van der Waals surface area contributed by atoms with Gasteiger partial charge < -0.3 is 9.47 Å². The van der Waals surface area contributed by atoms with E-state index in [2.05, 4.69) is 44.7 Å². The number of likely N-dealkylation sites (tertiary alicyclic amines) is 1. The molecule has 2 aliphatic heterocycles. The number of nitrogens with zero attached hydrogens (tertiary/aromatic N) is 4. The standard InChI is InChI=1S/C27H29N5O2S/c1-17(2)34-24-11-8-18(14-19(24)15-28)25-30-31-26(35-25)22-7-5-6-21-20(22)9-10-23(21)29-27(16-33-27)32-12-3-4-13-32/h5-8,11,14,17,23,29H,3-4,9-10,12-13,16H2,1-2H3/t23-,27?/m0/s1. The topological polar surface area (TPSA) is 86.6 Å². The summed E-state index contributed by atoms with van der Waals surface area (Å²) >= 11 is 1.57. The van der Waals surface area contributed by atoms with E-state index in [1.807, 2.05) is 32.0 Å². The summed E-state index contributed by atoms with van der Waals surface area (Å²) in [6.07, 6.45) is 4.58. The van der Waals surface area contributed by atoms with Crippen molar-refractivity contribution in [2.75, 3.05) is 19.7 Å². The van der Waals surface area contributed by atoms with Crippen LogP contribution in [0.3, 0.4) is 0 Å². The lowest BCUT2D eigenvalue weighted by atomic mass is 10.0. The fraction of sp³-hybridized carbons (Fsp3) is 0.444. The van der Waals surface area contributed by atoms with Crippen molar-refractivity contribution < 1.29 is 9.47 Å². The number of aromatic nitrogens is 2. The van der Waals surface area contributed by atoms with Crippen molar-refractivity contribution in [1.82, 2.24) is 20.4 Å². The Balaban J connectivity index is 1.25. The molecule has 1 N–H and O–H groups in total. The predicted molar refractivity (Wildman–Crippen MR) is 135 cm³/mol. The monoisotopic (exact) mass is 487 g/mol. The molecule has 1 aliphatic carbocycles. The molecule has 0 bridgehead atoms. The van der Waals surface area contributed by atoms with Gasteiger partial charge in [-0.05, 0) is 68.9 Å². The minimum atomic E-state index is -0.265. The molecule has 2 aromatic carbocycles. The number of fused-ring (bicyclic) bond motifs is 1. The van der Waals surface area contributed by atoms with Crippen molar-refractivity contribution >= 4 is 11.3 Å². The van der Waals surface area contributed by atoms with Crippen molar-refractivity contribution in [2.24, 2.45) is 0 Å². The summed E-state index contributed by atoms with van der Waals surface area (Å²) in [5, 5.41) is 24.2. The molecule has 0 saturated carbocycles. The van der Waals surface area contributed by atoms with Crippen LogP contribution in [0.1, 0.15) is 55.8 Å². The average molecular weight is 488 g/mol. The van der Waals surface area contributed by atoms with Crippen LogP contribution in [0.25, 0.3) is 21.1 Å². The fourth-order valence-electron chi connectivity index (χ4n) is 5.34. The largest absolute Gasteiger partial charge is 0.490 e. The van der Waals surface area contributed by atoms with Gasteiger partial charge in [-0.1, -0.05) is 29.5 Å². The molecule has 2 saturated heterocycles. The summed E-state index contributed by atoms with van der Waals surface area (Å²) in [7, 11) is 0. The first-order valence-electron chi connectivity index (χ1n) is 12.4. The number of rotatable bonds is 7. The Kier molecular flexibility index (Phi) is 5.81. The van der Waals surface area contributed by atoms with Crippen LogP contribution in [0.2, 0.25) is 0 Å². The highest BCUT2D eigenvalue weighted by Gasteiger charge is 2.52. The first-order chi connectivity index (χ1) is 17.1. The Hall–Kier alpha value is -2.83. The second-order valence-corrected chi connectivity index (χ2v) is 10.8. The second-order valence-electron chi connectivity index (χ2n) is 9.78. The number of ether oxygens (including phenoxy) is 2. The van der Waals surface area contributed by atoms with Gasteiger partial charge in [0.25, 0.3) is 0 Å². The van der Waals surface area contributed by atoms with Crippen molar-refractivity contribution in [3.8, 4) is 33.0 Å². The van der Waals surface area contributed by atoms with Gasteiger partial charge in [-0.15, -0.1) is 10.2 Å². The minimum Gasteiger partial charge on any atom is -0.490 e. The Morgan fingerprint density at radius 3 is 2.74 bits per heavy atom. The summed E-state index contributed by atoms with van der Waals surface area (Å²) in [4.78, 5) is 2.46. The van der Waals surface area contributed by atoms with E-state index in [1.54, 1.807) is 11.3 Å². The first kappa shape index (κ1) is 22.6. The molecule has 3 aliphatic rings. The summed E-state index contributed by atoms with van der Waals surface area (Å²) < 4.78 is 11.7. The second kappa shape index (κ2) is 8.99. The average Bonchev–Trinajstić information content (AvgIpc) is 3.27. The lowest BCUT2D eigenvalue weighted by molar-refractivity contribution is 0.0576. The lowest BCUT2D eigenvalue weighted by Crippen LogP contribution is -2.49. The van der Waals surface area contributed by atoms with Crippen LogP contribution in [0.5, 0.6) is 5.75 Å². The zero-order chi connectivity index (χ0) is 24.0. The Bertz CT molecular complexity index is 1290. The lowest BCUT2D eigenvalue weighted by Gasteiger charge is -2.28. The van der Waals surface area contributed by atoms with E-state index in [0.29, 0.717) is 11.3 Å². The van der Waals surface area contributed by atoms with Gasteiger partial charge >= 0.3 is 0 Å². The maximum Gasteiger partial charge on any atom is 0.202 e. The molecule has 0 radical (unpaired) electrons. The van der Waals surface area contributed by atoms with E-state index >= 15 is 0 Å². The molecule has 1 unspecified atom stereocenters. The summed E-state index contributed by atoms with van der Waals surface area (Å²) in [6, 6.07) is 14.7. The van der Waals surface area contributed by atoms with Gasteiger partial charge in [0.05, 0.1) is 11.7 Å². The van der Waals surface area contributed by atoms with Gasteiger partial charge in [0.15, 0.2) is 0 Å². The highest BCUT2D eigenvalue weighted by atomic mass is 32.1. The normalized spacial score (nSPS) is 23.4. The number of epoxide rings is 1.